The highest BCUT2D eigenvalue weighted by Crippen LogP contribution is 2.45. The summed E-state index contributed by atoms with van der Waals surface area (Å²) in [4.78, 5) is 12.6. The first kappa shape index (κ1) is 12.5. The molecule has 1 aliphatic heterocycles. The molecule has 1 N–H and O–H groups in total. The molecule has 21 heavy (non-hydrogen) atoms. The Morgan fingerprint density at radius 3 is 2.33 bits per heavy atom. The predicted molar refractivity (Wildman–Crippen MR) is 81.9 cm³/mol. The molecule has 106 valence electrons. The van der Waals surface area contributed by atoms with Crippen LogP contribution in [0.25, 0.3) is 17.0 Å². The molecule has 3 heteroatoms. The fourth-order valence-corrected chi connectivity index (χ4v) is 3.80. The summed E-state index contributed by atoms with van der Waals surface area (Å²) in [5.74, 6) is 0.123. The van der Waals surface area contributed by atoms with Crippen molar-refractivity contribution in [3.05, 3.63) is 54.2 Å². The summed E-state index contributed by atoms with van der Waals surface area (Å²) in [7, 11) is 0. The van der Waals surface area contributed by atoms with Crippen molar-refractivity contribution < 1.29 is 9.90 Å². The molecule has 0 unspecified atom stereocenters. The molecule has 1 saturated carbocycles. The molecule has 1 aromatic heterocycles. The molecule has 2 aliphatic rings. The lowest BCUT2D eigenvalue weighted by atomic mass is 9.87. The standard InChI is InChI=1S/C18H17NO2/c20-16-12-17(21)18(10-4-5-11-18)19-14(8-9-15(16)19)13-6-2-1-3-7-13/h1-3,6-9,12,20H,4-5,10-11H2. The van der Waals surface area contributed by atoms with E-state index < -0.39 is 5.54 Å². The van der Waals surface area contributed by atoms with Gasteiger partial charge < -0.3 is 9.67 Å². The molecule has 0 radical (unpaired) electrons. The summed E-state index contributed by atoms with van der Waals surface area (Å²) in [5.41, 5.74) is 2.37. The average molecular weight is 279 g/mol. The average Bonchev–Trinajstić information content (AvgIpc) is 3.14. The van der Waals surface area contributed by atoms with Crippen LogP contribution in [0.5, 0.6) is 0 Å². The van der Waals surface area contributed by atoms with Crippen molar-refractivity contribution in [3.63, 3.8) is 0 Å². The zero-order chi connectivity index (χ0) is 14.4. The van der Waals surface area contributed by atoms with E-state index in [9.17, 15) is 9.90 Å². The molecule has 4 rings (SSSR count). The number of aliphatic hydroxyl groups excluding tert-OH is 1. The molecule has 2 heterocycles. The number of nitrogens with zero attached hydrogens (tertiary/aromatic N) is 1. The highest BCUT2D eigenvalue weighted by molar-refractivity contribution is 6.03. The van der Waals surface area contributed by atoms with E-state index in [2.05, 4.69) is 4.57 Å². The second kappa shape index (κ2) is 4.35. The van der Waals surface area contributed by atoms with Gasteiger partial charge in [0.05, 0.1) is 5.69 Å². The Kier molecular flexibility index (Phi) is 2.58. The number of carbonyl (C=O) groups excluding carboxylic acids is 1. The minimum Gasteiger partial charge on any atom is -0.506 e. The molecule has 1 fully saturated rings. The van der Waals surface area contributed by atoms with Gasteiger partial charge in [-0.15, -0.1) is 0 Å². The number of fused-ring (bicyclic) bond motifs is 2. The van der Waals surface area contributed by atoms with Gasteiger partial charge in [-0.3, -0.25) is 4.79 Å². The highest BCUT2D eigenvalue weighted by Gasteiger charge is 2.46. The van der Waals surface area contributed by atoms with Gasteiger partial charge in [-0.2, -0.15) is 0 Å². The summed E-state index contributed by atoms with van der Waals surface area (Å²) in [6.45, 7) is 0. The van der Waals surface area contributed by atoms with E-state index in [4.69, 9.17) is 0 Å². The monoisotopic (exact) mass is 279 g/mol. The molecule has 0 amide bonds. The van der Waals surface area contributed by atoms with Gasteiger partial charge >= 0.3 is 0 Å². The summed E-state index contributed by atoms with van der Waals surface area (Å²) < 4.78 is 2.08. The van der Waals surface area contributed by atoms with Gasteiger partial charge in [0.2, 0.25) is 0 Å². The van der Waals surface area contributed by atoms with Gasteiger partial charge in [-0.1, -0.05) is 43.2 Å². The zero-order valence-corrected chi connectivity index (χ0v) is 11.7. The third kappa shape index (κ3) is 1.63. The number of aromatic nitrogens is 1. The van der Waals surface area contributed by atoms with Crippen LogP contribution in [-0.4, -0.2) is 15.5 Å². The Morgan fingerprint density at radius 1 is 0.952 bits per heavy atom. The SMILES string of the molecule is O=C1C=C(O)c2ccc(-c3ccccc3)n2C12CCCC2. The molecule has 0 atom stereocenters. The van der Waals surface area contributed by atoms with Crippen molar-refractivity contribution in [1.82, 2.24) is 4.57 Å². The van der Waals surface area contributed by atoms with Gasteiger partial charge in [0.1, 0.15) is 11.3 Å². The molecule has 2 aromatic rings. The van der Waals surface area contributed by atoms with Crippen molar-refractivity contribution in [1.29, 1.82) is 0 Å². The Hall–Kier alpha value is -2.29. The zero-order valence-electron chi connectivity index (χ0n) is 11.7. The molecule has 3 nitrogen and oxygen atoms in total. The molecule has 1 spiro atoms. The largest absolute Gasteiger partial charge is 0.506 e. The number of ketones is 1. The van der Waals surface area contributed by atoms with E-state index in [1.165, 1.54) is 6.08 Å². The van der Waals surface area contributed by atoms with E-state index in [0.717, 1.165) is 42.6 Å². The summed E-state index contributed by atoms with van der Waals surface area (Å²) in [6.07, 6.45) is 5.25. The summed E-state index contributed by atoms with van der Waals surface area (Å²) in [6, 6.07) is 14.0. The minimum absolute atomic E-state index is 0.0402. The Balaban J connectivity index is 1.99. The summed E-state index contributed by atoms with van der Waals surface area (Å²) >= 11 is 0. The lowest BCUT2D eigenvalue weighted by Crippen LogP contribution is -2.42. The number of hydrogen-bond donors (Lipinski definition) is 1. The molecule has 1 aliphatic carbocycles. The van der Waals surface area contributed by atoms with E-state index >= 15 is 0 Å². The van der Waals surface area contributed by atoms with E-state index in [0.29, 0.717) is 0 Å². The minimum atomic E-state index is -0.490. The quantitative estimate of drug-likeness (QED) is 0.860. The van der Waals surface area contributed by atoms with Crippen LogP contribution < -0.4 is 0 Å². The van der Waals surface area contributed by atoms with E-state index in [-0.39, 0.29) is 11.5 Å². The van der Waals surface area contributed by atoms with Crippen LogP contribution in [0.2, 0.25) is 0 Å². The van der Waals surface area contributed by atoms with Crippen molar-refractivity contribution in [2.75, 3.05) is 0 Å². The van der Waals surface area contributed by atoms with Gasteiger partial charge in [0, 0.05) is 11.8 Å². The number of rotatable bonds is 1. The number of benzene rings is 1. The van der Waals surface area contributed by atoms with Crippen LogP contribution in [0.4, 0.5) is 0 Å². The first-order chi connectivity index (χ1) is 10.2. The maximum atomic E-state index is 12.6. The van der Waals surface area contributed by atoms with Gasteiger partial charge in [-0.05, 0) is 30.5 Å². The third-order valence-corrected chi connectivity index (χ3v) is 4.80. The van der Waals surface area contributed by atoms with Crippen LogP contribution in [-0.2, 0) is 10.3 Å². The first-order valence-corrected chi connectivity index (χ1v) is 7.45. The topological polar surface area (TPSA) is 42.2 Å². The second-order valence-electron chi connectivity index (χ2n) is 5.94. The lowest BCUT2D eigenvalue weighted by Gasteiger charge is -2.35. The van der Waals surface area contributed by atoms with Gasteiger partial charge in [-0.25, -0.2) is 0 Å². The fourth-order valence-electron chi connectivity index (χ4n) is 3.80. The van der Waals surface area contributed by atoms with Gasteiger partial charge in [0.15, 0.2) is 5.78 Å². The number of hydrogen-bond acceptors (Lipinski definition) is 2. The van der Waals surface area contributed by atoms with E-state index in [1.54, 1.807) is 0 Å². The third-order valence-electron chi connectivity index (χ3n) is 4.80. The van der Waals surface area contributed by atoms with Crippen molar-refractivity contribution in [3.8, 4) is 11.3 Å². The Labute approximate surface area is 123 Å². The molecular weight excluding hydrogens is 262 g/mol. The lowest BCUT2D eigenvalue weighted by molar-refractivity contribution is -0.122. The second-order valence-corrected chi connectivity index (χ2v) is 5.94. The van der Waals surface area contributed by atoms with E-state index in [1.807, 2.05) is 42.5 Å². The fraction of sp³-hybridized carbons (Fsp3) is 0.278. The van der Waals surface area contributed by atoms with Crippen LogP contribution in [0.15, 0.2) is 48.5 Å². The molecule has 0 bridgehead atoms. The number of aliphatic hydroxyl groups is 1. The van der Waals surface area contributed by atoms with Crippen molar-refractivity contribution in [2.24, 2.45) is 0 Å². The first-order valence-electron chi connectivity index (χ1n) is 7.45. The number of carbonyl (C=O) groups is 1. The predicted octanol–water partition coefficient (Wildman–Crippen LogP) is 3.91. The molecular formula is C18H17NO2. The summed E-state index contributed by atoms with van der Waals surface area (Å²) in [5, 5.41) is 10.2. The number of allylic oxidation sites excluding steroid dienone is 1. The smallest absolute Gasteiger partial charge is 0.185 e. The molecule has 0 saturated heterocycles. The maximum absolute atomic E-state index is 12.6. The normalized spacial score (nSPS) is 19.6. The highest BCUT2D eigenvalue weighted by atomic mass is 16.3. The van der Waals surface area contributed by atoms with Crippen molar-refractivity contribution >= 4 is 11.5 Å². The molecule has 1 aromatic carbocycles. The maximum Gasteiger partial charge on any atom is 0.185 e. The van der Waals surface area contributed by atoms with Crippen LogP contribution in [0.3, 0.4) is 0 Å². The van der Waals surface area contributed by atoms with Crippen LogP contribution in [0, 0.1) is 0 Å². The van der Waals surface area contributed by atoms with Gasteiger partial charge in [0.25, 0.3) is 0 Å². The van der Waals surface area contributed by atoms with Crippen LogP contribution in [0.1, 0.15) is 31.4 Å². The van der Waals surface area contributed by atoms with Crippen LogP contribution >= 0.6 is 0 Å². The van der Waals surface area contributed by atoms with Crippen molar-refractivity contribution in [2.45, 2.75) is 31.2 Å². The Morgan fingerprint density at radius 2 is 1.62 bits per heavy atom. The Bertz CT molecular complexity index is 734.